The number of hydrogen-bond acceptors (Lipinski definition) is 6. The highest BCUT2D eigenvalue weighted by atomic mass is 35.5. The zero-order valence-corrected chi connectivity index (χ0v) is 17.1. The van der Waals surface area contributed by atoms with Crippen molar-refractivity contribution in [3.63, 3.8) is 0 Å². The number of fused-ring (bicyclic) bond motifs is 2. The average Bonchev–Trinajstić information content (AvgIpc) is 2.81. The van der Waals surface area contributed by atoms with Crippen LogP contribution in [0.4, 0.5) is 28.7 Å². The molecule has 0 saturated carbocycles. The van der Waals surface area contributed by atoms with Crippen LogP contribution in [0.15, 0.2) is 48.8 Å². The van der Waals surface area contributed by atoms with Gasteiger partial charge in [-0.1, -0.05) is 23.7 Å². The molecule has 0 fully saturated rings. The minimum atomic E-state index is -0.0771. The monoisotopic (exact) mass is 409 g/mol. The van der Waals surface area contributed by atoms with Crippen LogP contribution in [0.3, 0.4) is 0 Å². The molecule has 0 radical (unpaired) electrons. The average molecular weight is 410 g/mol. The van der Waals surface area contributed by atoms with E-state index >= 15 is 0 Å². The number of carbonyl (C=O) groups excluding carboxylic acids is 1. The van der Waals surface area contributed by atoms with Gasteiger partial charge in [0.2, 0.25) is 0 Å². The molecule has 1 N–H and O–H groups in total. The summed E-state index contributed by atoms with van der Waals surface area (Å²) in [6.07, 6.45) is 3.22. The van der Waals surface area contributed by atoms with Crippen molar-refractivity contribution in [3.8, 4) is 5.75 Å². The fraction of sp³-hybridized carbons (Fsp3) is 0.190. The zero-order chi connectivity index (χ0) is 20.5. The number of amides is 1. The maximum absolute atomic E-state index is 12.9. The van der Waals surface area contributed by atoms with Crippen LogP contribution in [0.2, 0.25) is 5.02 Å². The van der Waals surface area contributed by atoms with Crippen LogP contribution in [0, 0.1) is 0 Å². The molecule has 0 unspecified atom stereocenters. The fourth-order valence-corrected chi connectivity index (χ4v) is 3.45. The smallest absolute Gasteiger partial charge is 0.260 e. The van der Waals surface area contributed by atoms with Crippen LogP contribution in [0.25, 0.3) is 0 Å². The van der Waals surface area contributed by atoms with E-state index in [1.54, 1.807) is 30.4 Å². The molecule has 0 bridgehead atoms. The van der Waals surface area contributed by atoms with Crippen LogP contribution in [0.5, 0.6) is 5.75 Å². The van der Waals surface area contributed by atoms with Crippen LogP contribution in [0.1, 0.15) is 17.3 Å². The molecule has 29 heavy (non-hydrogen) atoms. The van der Waals surface area contributed by atoms with Gasteiger partial charge in [0.25, 0.3) is 5.91 Å². The number of rotatable bonds is 4. The fourth-order valence-electron chi connectivity index (χ4n) is 3.30. The molecule has 0 spiro atoms. The van der Waals surface area contributed by atoms with Gasteiger partial charge in [-0.15, -0.1) is 0 Å². The lowest BCUT2D eigenvalue weighted by molar-refractivity contribution is 0.0994. The summed E-state index contributed by atoms with van der Waals surface area (Å²) < 4.78 is 5.62. The Hall–Kier alpha value is -3.32. The van der Waals surface area contributed by atoms with E-state index in [1.807, 2.05) is 49.2 Å². The SMILES string of the molecule is CCOc1cc(Cl)cnc1Nc1cc2c(cn1)N(C)C(=O)c1ccccc1N2C. The number of nitrogens with zero attached hydrogens (tertiary/aromatic N) is 4. The standard InChI is InChI=1S/C21H20ClN5O2/c1-4-29-18-9-13(22)11-24-20(18)25-19-10-16-17(12-23-19)27(3)21(28)14-7-5-6-8-15(14)26(16)2/h5-12H,4H2,1-3H3,(H,23,24,25). The second-order valence-electron chi connectivity index (χ2n) is 6.56. The molecule has 1 aliphatic rings. The number of halogens is 1. The molecule has 8 heteroatoms. The Morgan fingerprint density at radius 1 is 1.03 bits per heavy atom. The van der Waals surface area contributed by atoms with Crippen LogP contribution >= 0.6 is 11.6 Å². The number of pyridine rings is 2. The summed E-state index contributed by atoms with van der Waals surface area (Å²) in [6.45, 7) is 2.38. The van der Waals surface area contributed by atoms with Gasteiger partial charge in [-0.05, 0) is 19.1 Å². The number of ether oxygens (including phenoxy) is 1. The summed E-state index contributed by atoms with van der Waals surface area (Å²) in [5.74, 6) is 1.56. The van der Waals surface area contributed by atoms with Gasteiger partial charge in [0.05, 0.1) is 40.5 Å². The quantitative estimate of drug-likeness (QED) is 0.677. The summed E-state index contributed by atoms with van der Waals surface area (Å²) in [4.78, 5) is 25.3. The van der Waals surface area contributed by atoms with Gasteiger partial charge in [0.1, 0.15) is 5.82 Å². The van der Waals surface area contributed by atoms with E-state index in [0.29, 0.717) is 40.3 Å². The van der Waals surface area contributed by atoms with E-state index < -0.39 is 0 Å². The lowest BCUT2D eigenvalue weighted by atomic mass is 10.1. The molecule has 1 aromatic carbocycles. The third-order valence-electron chi connectivity index (χ3n) is 4.75. The minimum Gasteiger partial charge on any atom is -0.490 e. The minimum absolute atomic E-state index is 0.0771. The first-order valence-electron chi connectivity index (χ1n) is 9.15. The van der Waals surface area contributed by atoms with Gasteiger partial charge in [-0.3, -0.25) is 4.79 Å². The lowest BCUT2D eigenvalue weighted by Gasteiger charge is -2.22. The molecule has 7 nitrogen and oxygen atoms in total. The molecule has 4 rings (SSSR count). The van der Waals surface area contributed by atoms with Gasteiger partial charge in [0.15, 0.2) is 11.6 Å². The molecule has 0 aliphatic carbocycles. The van der Waals surface area contributed by atoms with E-state index in [2.05, 4.69) is 15.3 Å². The summed E-state index contributed by atoms with van der Waals surface area (Å²) in [5.41, 5.74) is 3.03. The Morgan fingerprint density at radius 3 is 2.62 bits per heavy atom. The number of benzene rings is 1. The number of aromatic nitrogens is 2. The van der Waals surface area contributed by atoms with Crippen molar-refractivity contribution in [3.05, 3.63) is 59.4 Å². The number of hydrogen-bond donors (Lipinski definition) is 1. The van der Waals surface area contributed by atoms with Gasteiger partial charge < -0.3 is 19.9 Å². The van der Waals surface area contributed by atoms with E-state index in [-0.39, 0.29) is 5.91 Å². The first-order chi connectivity index (χ1) is 14.0. The lowest BCUT2D eigenvalue weighted by Crippen LogP contribution is -2.25. The van der Waals surface area contributed by atoms with Crippen LogP contribution < -0.4 is 19.9 Å². The van der Waals surface area contributed by atoms with E-state index in [1.165, 1.54) is 0 Å². The normalized spacial score (nSPS) is 12.9. The van der Waals surface area contributed by atoms with E-state index in [9.17, 15) is 4.79 Å². The number of nitrogens with one attached hydrogen (secondary N) is 1. The summed E-state index contributed by atoms with van der Waals surface area (Å²) >= 11 is 6.04. The first-order valence-corrected chi connectivity index (χ1v) is 9.53. The molecule has 0 atom stereocenters. The van der Waals surface area contributed by atoms with Crippen molar-refractivity contribution in [1.82, 2.24) is 9.97 Å². The third-order valence-corrected chi connectivity index (χ3v) is 4.96. The van der Waals surface area contributed by atoms with Gasteiger partial charge in [-0.2, -0.15) is 0 Å². The van der Waals surface area contributed by atoms with Crippen molar-refractivity contribution >= 4 is 46.2 Å². The highest BCUT2D eigenvalue weighted by Gasteiger charge is 2.27. The van der Waals surface area contributed by atoms with Crippen molar-refractivity contribution in [2.75, 3.05) is 35.8 Å². The number of para-hydroxylation sites is 1. The zero-order valence-electron chi connectivity index (χ0n) is 16.3. The van der Waals surface area contributed by atoms with E-state index in [0.717, 1.165) is 11.4 Å². The molecule has 3 heterocycles. The molecular formula is C21H20ClN5O2. The Kier molecular flexibility index (Phi) is 4.98. The van der Waals surface area contributed by atoms with Crippen LogP contribution in [-0.4, -0.2) is 36.6 Å². The largest absolute Gasteiger partial charge is 0.490 e. The Bertz CT molecular complexity index is 1090. The van der Waals surface area contributed by atoms with E-state index in [4.69, 9.17) is 16.3 Å². The number of carbonyl (C=O) groups is 1. The Balaban J connectivity index is 1.76. The Labute approximate surface area is 173 Å². The first kappa shape index (κ1) is 19.0. The van der Waals surface area contributed by atoms with Crippen molar-refractivity contribution in [1.29, 1.82) is 0 Å². The molecular weight excluding hydrogens is 390 g/mol. The van der Waals surface area contributed by atoms with Crippen molar-refractivity contribution < 1.29 is 9.53 Å². The summed E-state index contributed by atoms with van der Waals surface area (Å²) in [5, 5.41) is 3.68. The summed E-state index contributed by atoms with van der Waals surface area (Å²) in [6, 6.07) is 11.1. The molecule has 0 saturated heterocycles. The van der Waals surface area contributed by atoms with Gasteiger partial charge >= 0.3 is 0 Å². The Morgan fingerprint density at radius 2 is 1.83 bits per heavy atom. The molecule has 148 valence electrons. The predicted molar refractivity (Wildman–Crippen MR) is 115 cm³/mol. The highest BCUT2D eigenvalue weighted by molar-refractivity contribution is 6.30. The molecule has 1 aliphatic heterocycles. The van der Waals surface area contributed by atoms with Gasteiger partial charge in [0, 0.05) is 32.4 Å². The number of anilines is 5. The van der Waals surface area contributed by atoms with Crippen LogP contribution in [-0.2, 0) is 0 Å². The topological polar surface area (TPSA) is 70.6 Å². The van der Waals surface area contributed by atoms with Gasteiger partial charge in [-0.25, -0.2) is 9.97 Å². The molecule has 2 aromatic heterocycles. The second kappa shape index (κ2) is 7.60. The maximum Gasteiger partial charge on any atom is 0.260 e. The van der Waals surface area contributed by atoms with Crippen molar-refractivity contribution in [2.24, 2.45) is 0 Å². The maximum atomic E-state index is 12.9. The van der Waals surface area contributed by atoms with Crippen molar-refractivity contribution in [2.45, 2.75) is 6.92 Å². The third kappa shape index (κ3) is 3.45. The summed E-state index contributed by atoms with van der Waals surface area (Å²) in [7, 11) is 3.68. The second-order valence-corrected chi connectivity index (χ2v) is 6.99. The molecule has 1 amide bonds. The predicted octanol–water partition coefficient (Wildman–Crippen LogP) is 4.63. The highest BCUT2D eigenvalue weighted by Crippen LogP contribution is 2.40. The molecule has 3 aromatic rings.